The molecule has 0 rings (SSSR count). The monoisotopic (exact) mass is 107 g/mol. The van der Waals surface area contributed by atoms with Crippen molar-refractivity contribution in [1.82, 2.24) is 6.15 Å². The molecule has 0 aromatic rings. The van der Waals surface area contributed by atoms with Crippen LogP contribution >= 0.6 is 0 Å². The van der Waals surface area contributed by atoms with E-state index in [4.69, 9.17) is 0 Å². The molecule has 3 heteroatoms. The van der Waals surface area contributed by atoms with Crippen molar-refractivity contribution < 1.29 is 21.7 Å². The van der Waals surface area contributed by atoms with Crippen molar-refractivity contribution in [3.8, 4) is 0 Å². The second-order valence-electron chi connectivity index (χ2n) is 0. The predicted molar refractivity (Wildman–Crippen MR) is 20.3 cm³/mol. The van der Waals surface area contributed by atoms with Gasteiger partial charge in [0.1, 0.15) is 0 Å². The van der Waals surface area contributed by atoms with Gasteiger partial charge in [-0.25, -0.2) is 0 Å². The van der Waals surface area contributed by atoms with Gasteiger partial charge in [0.05, 0.1) is 0 Å². The van der Waals surface area contributed by atoms with Gasteiger partial charge in [0.15, 0.2) is 0 Å². The van der Waals surface area contributed by atoms with Crippen molar-refractivity contribution in [2.75, 3.05) is 0 Å². The summed E-state index contributed by atoms with van der Waals surface area (Å²) in [6, 6.07) is 0. The third-order valence-electron chi connectivity index (χ3n) is 0. The minimum Gasteiger partial charge on any atom is -0.344 e. The van der Waals surface area contributed by atoms with Crippen LogP contribution in [-0.4, -0.2) is 23.1 Å². The van der Waals surface area contributed by atoms with Gasteiger partial charge in [-0.1, -0.05) is 7.43 Å². The summed E-state index contributed by atoms with van der Waals surface area (Å²) < 4.78 is 0. The third kappa shape index (κ3) is 9.88. The largest absolute Gasteiger partial charge is 0.344 e. The Morgan fingerprint density at radius 3 is 1.00 bits per heavy atom. The molecule has 0 heterocycles. The van der Waals surface area contributed by atoms with Crippen molar-refractivity contribution >= 4 is 23.1 Å². The van der Waals surface area contributed by atoms with Crippen molar-refractivity contribution in [3.05, 3.63) is 0 Å². The quantitative estimate of drug-likeness (QED) is 0.430. The van der Waals surface area contributed by atoms with Crippen LogP contribution in [0.5, 0.6) is 0 Å². The molecular formula is CH9MgNTi. The topological polar surface area (TPSA) is 35.0 Å². The maximum atomic E-state index is 0. The molecule has 0 unspecified atom stereocenters. The van der Waals surface area contributed by atoms with E-state index in [1.807, 2.05) is 0 Å². The van der Waals surface area contributed by atoms with Crippen LogP contribution in [0.1, 0.15) is 7.43 Å². The molecule has 3 N–H and O–H groups in total. The molecule has 4 heavy (non-hydrogen) atoms. The summed E-state index contributed by atoms with van der Waals surface area (Å²) in [6.07, 6.45) is 0. The van der Waals surface area contributed by atoms with Gasteiger partial charge in [-0.3, -0.25) is 0 Å². The zero-order chi connectivity index (χ0) is 0. The molecule has 24 valence electrons. The fraction of sp³-hybridized carbons (Fsp3) is 1.00. The molecule has 0 bridgehead atoms. The Labute approximate surface area is 58.2 Å². The van der Waals surface area contributed by atoms with E-state index < -0.39 is 0 Å². The van der Waals surface area contributed by atoms with Gasteiger partial charge in [0.2, 0.25) is 0 Å². The summed E-state index contributed by atoms with van der Waals surface area (Å²) in [5.41, 5.74) is 0. The summed E-state index contributed by atoms with van der Waals surface area (Å²) >= 11 is 0. The molecule has 0 aromatic carbocycles. The van der Waals surface area contributed by atoms with Crippen molar-refractivity contribution in [1.29, 1.82) is 0 Å². The van der Waals surface area contributed by atoms with Crippen molar-refractivity contribution in [2.45, 2.75) is 7.43 Å². The van der Waals surface area contributed by atoms with Crippen LogP contribution in [0.2, 0.25) is 0 Å². The molecule has 1 nitrogen and oxygen atoms in total. The second-order valence-corrected chi connectivity index (χ2v) is 0. The van der Waals surface area contributed by atoms with E-state index in [-0.39, 0.29) is 58.3 Å². The van der Waals surface area contributed by atoms with E-state index in [1.165, 1.54) is 0 Å². The average molecular weight is 107 g/mol. The van der Waals surface area contributed by atoms with Gasteiger partial charge in [-0.15, -0.1) is 0 Å². The predicted octanol–water partition coefficient (Wildman–Crippen LogP) is -0.121. The fourth-order valence-corrected chi connectivity index (χ4v) is 0. The first-order chi connectivity index (χ1) is 0. The van der Waals surface area contributed by atoms with Crippen molar-refractivity contribution in [3.63, 3.8) is 0 Å². The molecule has 0 saturated carbocycles. The van der Waals surface area contributed by atoms with Crippen LogP contribution in [-0.2, 0) is 21.7 Å². The molecule has 0 radical (unpaired) electrons. The minimum absolute atomic E-state index is 0. The second kappa shape index (κ2) is 25.3. The van der Waals surface area contributed by atoms with Gasteiger partial charge >= 0.3 is 23.1 Å². The van der Waals surface area contributed by atoms with Gasteiger partial charge in [-0.05, 0) is 0 Å². The molecule has 0 aliphatic heterocycles. The van der Waals surface area contributed by atoms with Crippen LogP contribution in [0.15, 0.2) is 0 Å². The van der Waals surface area contributed by atoms with E-state index >= 15 is 0 Å². The maximum Gasteiger partial charge on any atom is 0.316 e. The van der Waals surface area contributed by atoms with Crippen molar-refractivity contribution in [2.24, 2.45) is 0 Å². The van der Waals surface area contributed by atoms with Crippen LogP contribution in [0, 0.1) is 0 Å². The van der Waals surface area contributed by atoms with Gasteiger partial charge in [0.25, 0.3) is 0 Å². The summed E-state index contributed by atoms with van der Waals surface area (Å²) in [5, 5.41) is 0. The first-order valence-electron chi connectivity index (χ1n) is 0. The van der Waals surface area contributed by atoms with Gasteiger partial charge < -0.3 is 6.15 Å². The summed E-state index contributed by atoms with van der Waals surface area (Å²) in [7, 11) is 0. The Morgan fingerprint density at radius 1 is 1.00 bits per heavy atom. The Morgan fingerprint density at radius 2 is 1.00 bits per heavy atom. The Hall–Kier alpha value is 1.44. The third-order valence-corrected chi connectivity index (χ3v) is 0. The molecule has 0 spiro atoms. The summed E-state index contributed by atoms with van der Waals surface area (Å²) in [6.45, 7) is 0. The van der Waals surface area contributed by atoms with E-state index in [0.717, 1.165) is 0 Å². The van der Waals surface area contributed by atoms with E-state index in [2.05, 4.69) is 0 Å². The van der Waals surface area contributed by atoms with Crippen LogP contribution in [0.4, 0.5) is 0 Å². The van der Waals surface area contributed by atoms with Gasteiger partial charge in [-0.2, -0.15) is 0 Å². The van der Waals surface area contributed by atoms with E-state index in [0.29, 0.717) is 0 Å². The van der Waals surface area contributed by atoms with E-state index in [1.54, 1.807) is 0 Å². The average Bonchev–Trinajstić information content (AvgIpc) is 0. The Kier molecular flexibility index (Phi) is 327. The molecule has 0 aromatic heterocycles. The Bertz CT molecular complexity index is 8.00. The normalized spacial score (nSPS) is 0. The first-order valence-corrected chi connectivity index (χ1v) is 0. The molecule has 0 aliphatic rings. The standard InChI is InChI=1S/CH4.Mg.H3N.Ti.2H/h1H4;;1H3;;;. The maximum absolute atomic E-state index is 0. The minimum atomic E-state index is 0. The zero-order valence-corrected chi connectivity index (χ0v) is 2.77. The number of rotatable bonds is 0. The molecular weight excluding hydrogens is 98.2 g/mol. The smallest absolute Gasteiger partial charge is 0.316 e. The zero-order valence-electron chi connectivity index (χ0n) is 1.21. The number of hydrogen-bond acceptors (Lipinski definition) is 1. The van der Waals surface area contributed by atoms with E-state index in [9.17, 15) is 0 Å². The summed E-state index contributed by atoms with van der Waals surface area (Å²) in [4.78, 5) is 0. The number of hydrogen-bond donors (Lipinski definition) is 1. The van der Waals surface area contributed by atoms with Gasteiger partial charge in [0, 0.05) is 21.7 Å². The molecule has 0 atom stereocenters. The first kappa shape index (κ1) is 51.7. The SMILES string of the molecule is C.N.[MgH2].[Ti]. The summed E-state index contributed by atoms with van der Waals surface area (Å²) in [5.74, 6) is 0. The Balaban J connectivity index is 0. The van der Waals surface area contributed by atoms with Crippen LogP contribution < -0.4 is 6.15 Å². The van der Waals surface area contributed by atoms with Crippen LogP contribution in [0.3, 0.4) is 0 Å². The fourth-order valence-electron chi connectivity index (χ4n) is 0. The molecule has 0 saturated heterocycles. The molecule has 0 aliphatic carbocycles. The molecule has 0 fully saturated rings. The molecule has 0 amide bonds. The van der Waals surface area contributed by atoms with Crippen LogP contribution in [0.25, 0.3) is 0 Å².